The van der Waals surface area contributed by atoms with Crippen LogP contribution in [0.3, 0.4) is 0 Å². The average Bonchev–Trinajstić information content (AvgIpc) is 2.42. The lowest BCUT2D eigenvalue weighted by Crippen LogP contribution is -1.92. The second-order valence-corrected chi connectivity index (χ2v) is 4.55. The molecule has 0 saturated heterocycles. The third-order valence-electron chi connectivity index (χ3n) is 3.09. The van der Waals surface area contributed by atoms with Crippen molar-refractivity contribution in [3.05, 3.63) is 59.4 Å². The fraction of sp³-hybridized carbons (Fsp3) is 0.250. The van der Waals surface area contributed by atoms with Crippen LogP contribution in [0.25, 0.3) is 11.1 Å². The van der Waals surface area contributed by atoms with Crippen molar-refractivity contribution in [2.24, 2.45) is 0 Å². The number of hydrogen-bond acceptors (Lipinski definition) is 0. The van der Waals surface area contributed by atoms with E-state index < -0.39 is 17.5 Å². The SMILES string of the molecule is CCCCc1ccc(-c2cc(F)c(F)c(F)c2)cc1. The molecule has 0 spiro atoms. The zero-order valence-electron chi connectivity index (χ0n) is 10.7. The molecule has 0 aromatic heterocycles. The minimum absolute atomic E-state index is 0.346. The van der Waals surface area contributed by atoms with Crippen molar-refractivity contribution in [2.75, 3.05) is 0 Å². The standard InChI is InChI=1S/C16H15F3/c1-2-3-4-11-5-7-12(8-6-11)13-9-14(17)16(19)15(18)10-13/h5-10H,2-4H2,1H3. The lowest BCUT2D eigenvalue weighted by atomic mass is 10.0. The van der Waals surface area contributed by atoms with Crippen molar-refractivity contribution in [3.8, 4) is 11.1 Å². The Labute approximate surface area is 110 Å². The Kier molecular flexibility index (Phi) is 4.25. The van der Waals surface area contributed by atoms with Crippen molar-refractivity contribution >= 4 is 0 Å². The molecule has 0 fully saturated rings. The Morgan fingerprint density at radius 1 is 0.842 bits per heavy atom. The Bertz CT molecular complexity index is 536. The third-order valence-corrected chi connectivity index (χ3v) is 3.09. The van der Waals surface area contributed by atoms with Gasteiger partial charge in [-0.2, -0.15) is 0 Å². The van der Waals surface area contributed by atoms with Crippen LogP contribution < -0.4 is 0 Å². The van der Waals surface area contributed by atoms with E-state index in [4.69, 9.17) is 0 Å². The molecule has 19 heavy (non-hydrogen) atoms. The summed E-state index contributed by atoms with van der Waals surface area (Å²) in [4.78, 5) is 0. The fourth-order valence-electron chi connectivity index (χ4n) is 1.97. The number of unbranched alkanes of at least 4 members (excludes halogenated alkanes) is 1. The van der Waals surface area contributed by atoms with Crippen LogP contribution in [0.4, 0.5) is 13.2 Å². The van der Waals surface area contributed by atoms with Crippen LogP contribution in [0.2, 0.25) is 0 Å². The highest BCUT2D eigenvalue weighted by Crippen LogP contribution is 2.24. The molecular formula is C16H15F3. The van der Waals surface area contributed by atoms with E-state index in [-0.39, 0.29) is 0 Å². The monoisotopic (exact) mass is 264 g/mol. The second kappa shape index (κ2) is 5.91. The van der Waals surface area contributed by atoms with Gasteiger partial charge in [-0.25, -0.2) is 13.2 Å². The number of benzene rings is 2. The molecule has 100 valence electrons. The molecular weight excluding hydrogens is 249 g/mol. The summed E-state index contributed by atoms with van der Waals surface area (Å²) in [6, 6.07) is 9.50. The van der Waals surface area contributed by atoms with Crippen LogP contribution in [0.15, 0.2) is 36.4 Å². The smallest absolute Gasteiger partial charge is 0.194 e. The first-order valence-electron chi connectivity index (χ1n) is 6.35. The van der Waals surface area contributed by atoms with Crippen LogP contribution in [0.1, 0.15) is 25.3 Å². The Hall–Kier alpha value is -1.77. The van der Waals surface area contributed by atoms with E-state index in [1.54, 1.807) is 12.1 Å². The predicted molar refractivity (Wildman–Crippen MR) is 70.4 cm³/mol. The van der Waals surface area contributed by atoms with Gasteiger partial charge in [0.25, 0.3) is 0 Å². The molecule has 0 atom stereocenters. The summed E-state index contributed by atoms with van der Waals surface area (Å²) in [6.07, 6.45) is 3.22. The van der Waals surface area contributed by atoms with Gasteiger partial charge >= 0.3 is 0 Å². The van der Waals surface area contributed by atoms with E-state index in [9.17, 15) is 13.2 Å². The molecule has 0 unspecified atom stereocenters. The lowest BCUT2D eigenvalue weighted by Gasteiger charge is -2.05. The Balaban J connectivity index is 2.27. The summed E-state index contributed by atoms with van der Waals surface area (Å²) in [5, 5.41) is 0. The summed E-state index contributed by atoms with van der Waals surface area (Å²) in [6.45, 7) is 2.12. The number of halogens is 3. The summed E-state index contributed by atoms with van der Waals surface area (Å²) in [5.41, 5.74) is 2.21. The molecule has 2 aromatic carbocycles. The highest BCUT2D eigenvalue weighted by molar-refractivity contribution is 5.63. The minimum Gasteiger partial charge on any atom is -0.204 e. The van der Waals surface area contributed by atoms with E-state index in [0.717, 1.165) is 31.4 Å². The summed E-state index contributed by atoms with van der Waals surface area (Å²) in [5.74, 6) is -3.75. The third kappa shape index (κ3) is 3.16. The minimum atomic E-state index is -1.43. The van der Waals surface area contributed by atoms with Gasteiger partial charge in [0.05, 0.1) is 0 Å². The molecule has 3 heteroatoms. The van der Waals surface area contributed by atoms with Gasteiger partial charge in [0.15, 0.2) is 17.5 Å². The van der Waals surface area contributed by atoms with Crippen molar-refractivity contribution in [2.45, 2.75) is 26.2 Å². The average molecular weight is 264 g/mol. The maximum Gasteiger partial charge on any atom is 0.194 e. The van der Waals surface area contributed by atoms with Gasteiger partial charge in [-0.1, -0.05) is 37.6 Å². The van der Waals surface area contributed by atoms with Gasteiger partial charge < -0.3 is 0 Å². The van der Waals surface area contributed by atoms with Gasteiger partial charge in [-0.05, 0) is 41.7 Å². The van der Waals surface area contributed by atoms with E-state index in [0.29, 0.717) is 11.1 Å². The van der Waals surface area contributed by atoms with E-state index in [2.05, 4.69) is 6.92 Å². The molecule has 0 aliphatic rings. The summed E-state index contributed by atoms with van der Waals surface area (Å²) in [7, 11) is 0. The topological polar surface area (TPSA) is 0 Å². The zero-order chi connectivity index (χ0) is 13.8. The first-order chi connectivity index (χ1) is 9.11. The van der Waals surface area contributed by atoms with Crippen molar-refractivity contribution < 1.29 is 13.2 Å². The predicted octanol–water partition coefficient (Wildman–Crippen LogP) is 5.11. The Morgan fingerprint density at radius 3 is 1.95 bits per heavy atom. The quantitative estimate of drug-likeness (QED) is 0.673. The normalized spacial score (nSPS) is 10.7. The highest BCUT2D eigenvalue weighted by Gasteiger charge is 2.11. The molecule has 0 N–H and O–H groups in total. The number of aryl methyl sites for hydroxylation is 1. The highest BCUT2D eigenvalue weighted by atomic mass is 19.2. The first kappa shape index (κ1) is 13.7. The van der Waals surface area contributed by atoms with Crippen molar-refractivity contribution in [1.82, 2.24) is 0 Å². The molecule has 0 heterocycles. The molecule has 2 aromatic rings. The number of rotatable bonds is 4. The van der Waals surface area contributed by atoms with Gasteiger partial charge in [0, 0.05) is 0 Å². The van der Waals surface area contributed by atoms with Gasteiger partial charge in [-0.3, -0.25) is 0 Å². The summed E-state index contributed by atoms with van der Waals surface area (Å²) < 4.78 is 39.2. The maximum atomic E-state index is 13.2. The second-order valence-electron chi connectivity index (χ2n) is 4.55. The van der Waals surface area contributed by atoms with Crippen LogP contribution >= 0.6 is 0 Å². The molecule has 0 aliphatic carbocycles. The summed E-state index contributed by atoms with van der Waals surface area (Å²) >= 11 is 0. The molecule has 0 amide bonds. The molecule has 0 aliphatic heterocycles. The van der Waals surface area contributed by atoms with Crippen molar-refractivity contribution in [3.63, 3.8) is 0 Å². The van der Waals surface area contributed by atoms with Crippen LogP contribution in [-0.2, 0) is 6.42 Å². The van der Waals surface area contributed by atoms with Crippen LogP contribution in [0, 0.1) is 17.5 Å². The van der Waals surface area contributed by atoms with Gasteiger partial charge in [0.2, 0.25) is 0 Å². The van der Waals surface area contributed by atoms with Gasteiger partial charge in [0.1, 0.15) is 0 Å². The largest absolute Gasteiger partial charge is 0.204 e. The molecule has 0 nitrogen and oxygen atoms in total. The maximum absolute atomic E-state index is 13.2. The fourth-order valence-corrected chi connectivity index (χ4v) is 1.97. The van der Waals surface area contributed by atoms with E-state index in [1.807, 2.05) is 12.1 Å². The molecule has 0 radical (unpaired) electrons. The van der Waals surface area contributed by atoms with E-state index in [1.165, 1.54) is 5.56 Å². The van der Waals surface area contributed by atoms with Crippen LogP contribution in [0.5, 0.6) is 0 Å². The molecule has 0 bridgehead atoms. The molecule has 2 rings (SSSR count). The molecule has 0 saturated carbocycles. The zero-order valence-corrected chi connectivity index (χ0v) is 10.7. The first-order valence-corrected chi connectivity index (χ1v) is 6.35. The lowest BCUT2D eigenvalue weighted by molar-refractivity contribution is 0.448. The van der Waals surface area contributed by atoms with Crippen molar-refractivity contribution in [1.29, 1.82) is 0 Å². The Morgan fingerprint density at radius 2 is 1.42 bits per heavy atom. The van der Waals surface area contributed by atoms with Crippen LogP contribution in [-0.4, -0.2) is 0 Å². The van der Waals surface area contributed by atoms with E-state index >= 15 is 0 Å². The number of hydrogen-bond donors (Lipinski definition) is 0. The van der Waals surface area contributed by atoms with Gasteiger partial charge in [-0.15, -0.1) is 0 Å².